The minimum absolute atomic E-state index is 0. The van der Waals surface area contributed by atoms with Gasteiger partial charge in [-0.2, -0.15) is 0 Å². The summed E-state index contributed by atoms with van der Waals surface area (Å²) >= 11 is 0. The van der Waals surface area contributed by atoms with E-state index < -0.39 is 0 Å². The maximum absolute atomic E-state index is 5.54. The molecule has 0 amide bonds. The quantitative estimate of drug-likeness (QED) is 0.340. The molecule has 4 rings (SSSR count). The van der Waals surface area contributed by atoms with Crippen molar-refractivity contribution < 1.29 is 4.74 Å². The molecule has 0 radical (unpaired) electrons. The topological polar surface area (TPSA) is 59.5 Å². The molecular weight excluding hydrogens is 529 g/mol. The number of pyridine rings is 1. The zero-order chi connectivity index (χ0) is 22.3. The summed E-state index contributed by atoms with van der Waals surface area (Å²) in [6.07, 6.45) is 1.92. The van der Waals surface area contributed by atoms with Crippen LogP contribution in [0.25, 0.3) is 0 Å². The Morgan fingerprint density at radius 3 is 2.39 bits per heavy atom. The van der Waals surface area contributed by atoms with Gasteiger partial charge in [0.1, 0.15) is 11.6 Å². The average molecular weight is 566 g/mol. The zero-order valence-electron chi connectivity index (χ0n) is 19.9. The molecule has 8 nitrogen and oxygen atoms in total. The molecule has 0 bridgehead atoms. The molecule has 2 aromatic rings. The van der Waals surface area contributed by atoms with Crippen molar-refractivity contribution in [2.24, 2.45) is 4.99 Å². The van der Waals surface area contributed by atoms with E-state index >= 15 is 0 Å². The molecule has 0 unspecified atom stereocenters. The molecule has 2 saturated heterocycles. The highest BCUT2D eigenvalue weighted by molar-refractivity contribution is 14.0. The van der Waals surface area contributed by atoms with Crippen LogP contribution in [0.4, 0.5) is 11.5 Å². The van der Waals surface area contributed by atoms with Gasteiger partial charge in [0.25, 0.3) is 0 Å². The molecule has 2 aliphatic rings. The van der Waals surface area contributed by atoms with Crippen LogP contribution in [0.3, 0.4) is 0 Å². The van der Waals surface area contributed by atoms with E-state index in [0.29, 0.717) is 0 Å². The summed E-state index contributed by atoms with van der Waals surface area (Å²) in [7, 11) is 5.76. The summed E-state index contributed by atoms with van der Waals surface area (Å²) in [4.78, 5) is 18.6. The highest BCUT2D eigenvalue weighted by Crippen LogP contribution is 2.28. The Morgan fingerprint density at radius 2 is 1.70 bits per heavy atom. The Bertz CT molecular complexity index is 909. The number of anilines is 2. The number of rotatable bonds is 5. The third kappa shape index (κ3) is 6.41. The fourth-order valence-corrected chi connectivity index (χ4v) is 4.34. The number of hydrogen-bond donors (Lipinski definition) is 1. The number of aromatic nitrogens is 1. The van der Waals surface area contributed by atoms with Gasteiger partial charge < -0.3 is 29.7 Å². The van der Waals surface area contributed by atoms with Crippen LogP contribution in [0, 0.1) is 0 Å². The monoisotopic (exact) mass is 565 g/mol. The van der Waals surface area contributed by atoms with Gasteiger partial charge in [-0.05, 0) is 36.9 Å². The Hall–Kier alpha value is -2.27. The van der Waals surface area contributed by atoms with E-state index in [9.17, 15) is 0 Å². The fourth-order valence-electron chi connectivity index (χ4n) is 4.34. The van der Waals surface area contributed by atoms with Crippen molar-refractivity contribution in [2.75, 3.05) is 83.4 Å². The smallest absolute Gasteiger partial charge is 0.194 e. The van der Waals surface area contributed by atoms with Crippen molar-refractivity contribution in [1.82, 2.24) is 20.1 Å². The Labute approximate surface area is 214 Å². The van der Waals surface area contributed by atoms with Crippen LogP contribution in [-0.4, -0.2) is 94.3 Å². The summed E-state index contributed by atoms with van der Waals surface area (Å²) in [5, 5.41) is 3.55. The third-order valence-electron chi connectivity index (χ3n) is 6.30. The maximum atomic E-state index is 5.54. The predicted octanol–water partition coefficient (Wildman–Crippen LogP) is 2.36. The molecule has 3 heterocycles. The first-order chi connectivity index (χ1) is 15.7. The van der Waals surface area contributed by atoms with Crippen LogP contribution in [-0.2, 0) is 6.54 Å². The number of hydrogen-bond acceptors (Lipinski definition) is 6. The van der Waals surface area contributed by atoms with Crippen LogP contribution in [0.1, 0.15) is 5.56 Å². The van der Waals surface area contributed by atoms with Crippen molar-refractivity contribution in [3.8, 4) is 5.75 Å². The van der Waals surface area contributed by atoms with Gasteiger partial charge >= 0.3 is 0 Å². The van der Waals surface area contributed by atoms with Gasteiger partial charge in [0, 0.05) is 72.1 Å². The van der Waals surface area contributed by atoms with Crippen molar-refractivity contribution in [3.05, 3.63) is 48.2 Å². The SMILES string of the molecule is CN=C(NCc1ccnc(N2CCN(C)CC2)c1)N1CCN(c2ccccc2OC)CC1.I. The molecule has 0 aliphatic carbocycles. The molecule has 1 aromatic heterocycles. The van der Waals surface area contributed by atoms with E-state index in [1.54, 1.807) is 7.11 Å². The summed E-state index contributed by atoms with van der Waals surface area (Å²) in [5.41, 5.74) is 2.38. The second kappa shape index (κ2) is 12.3. The number of guanidine groups is 1. The molecule has 9 heteroatoms. The largest absolute Gasteiger partial charge is 0.495 e. The molecule has 2 aliphatic heterocycles. The first kappa shape index (κ1) is 25.4. The molecular formula is C24H36IN7O. The lowest BCUT2D eigenvalue weighted by molar-refractivity contribution is 0.312. The predicted molar refractivity (Wildman–Crippen MR) is 146 cm³/mol. The molecule has 33 heavy (non-hydrogen) atoms. The molecule has 0 atom stereocenters. The molecule has 1 N–H and O–H groups in total. The van der Waals surface area contributed by atoms with Crippen molar-refractivity contribution in [3.63, 3.8) is 0 Å². The molecule has 0 spiro atoms. The van der Waals surface area contributed by atoms with E-state index in [2.05, 4.69) is 66.2 Å². The van der Waals surface area contributed by atoms with Gasteiger partial charge in [0.15, 0.2) is 5.96 Å². The summed E-state index contributed by atoms with van der Waals surface area (Å²) < 4.78 is 5.54. The van der Waals surface area contributed by atoms with Crippen molar-refractivity contribution >= 4 is 41.4 Å². The van der Waals surface area contributed by atoms with Crippen LogP contribution in [0.5, 0.6) is 5.75 Å². The second-order valence-electron chi connectivity index (χ2n) is 8.36. The number of benzene rings is 1. The van der Waals surface area contributed by atoms with Crippen molar-refractivity contribution in [2.45, 2.75) is 6.54 Å². The second-order valence-corrected chi connectivity index (χ2v) is 8.36. The van der Waals surface area contributed by atoms with Gasteiger partial charge in [-0.1, -0.05) is 12.1 Å². The number of nitrogens with zero attached hydrogens (tertiary/aromatic N) is 6. The number of likely N-dealkylation sites (N-methyl/N-ethyl adjacent to an activating group) is 1. The van der Waals surface area contributed by atoms with Crippen LogP contribution in [0.2, 0.25) is 0 Å². The standard InChI is InChI=1S/C24H35N7O.HI/c1-25-24(31-16-14-29(15-17-31)21-6-4-5-7-22(21)32-3)27-19-20-8-9-26-23(18-20)30-12-10-28(2)11-13-30;/h4-9,18H,10-17,19H2,1-3H3,(H,25,27);1H. The van der Waals surface area contributed by atoms with Gasteiger partial charge in [-0.15, -0.1) is 24.0 Å². The van der Waals surface area contributed by atoms with E-state index in [4.69, 9.17) is 4.74 Å². The number of aliphatic imine (C=N–C) groups is 1. The highest BCUT2D eigenvalue weighted by Gasteiger charge is 2.22. The third-order valence-corrected chi connectivity index (χ3v) is 6.30. The highest BCUT2D eigenvalue weighted by atomic mass is 127. The lowest BCUT2D eigenvalue weighted by atomic mass is 10.2. The number of piperazine rings is 2. The Morgan fingerprint density at radius 1 is 1.00 bits per heavy atom. The van der Waals surface area contributed by atoms with Gasteiger partial charge in [-0.3, -0.25) is 4.99 Å². The van der Waals surface area contributed by atoms with Gasteiger partial charge in [-0.25, -0.2) is 4.98 Å². The minimum Gasteiger partial charge on any atom is -0.495 e. The van der Waals surface area contributed by atoms with Crippen molar-refractivity contribution in [1.29, 1.82) is 0 Å². The normalized spacial score (nSPS) is 17.5. The molecule has 0 saturated carbocycles. The fraction of sp³-hybridized carbons (Fsp3) is 0.500. The number of ether oxygens (including phenoxy) is 1. The van der Waals surface area contributed by atoms with E-state index in [1.807, 2.05) is 25.4 Å². The minimum atomic E-state index is 0. The van der Waals surface area contributed by atoms with E-state index in [-0.39, 0.29) is 24.0 Å². The lowest BCUT2D eigenvalue weighted by Gasteiger charge is -2.38. The average Bonchev–Trinajstić information content (AvgIpc) is 2.85. The number of methoxy groups -OCH3 is 1. The summed E-state index contributed by atoms with van der Waals surface area (Å²) in [6.45, 7) is 8.66. The van der Waals surface area contributed by atoms with Crippen LogP contribution >= 0.6 is 24.0 Å². The lowest BCUT2D eigenvalue weighted by Crippen LogP contribution is -2.52. The molecule has 2 fully saturated rings. The number of nitrogens with one attached hydrogen (secondary N) is 1. The summed E-state index contributed by atoms with van der Waals surface area (Å²) in [6, 6.07) is 12.5. The first-order valence-corrected chi connectivity index (χ1v) is 11.4. The zero-order valence-corrected chi connectivity index (χ0v) is 22.2. The summed E-state index contributed by atoms with van der Waals surface area (Å²) in [5.74, 6) is 2.94. The van der Waals surface area contributed by atoms with Crippen LogP contribution < -0.4 is 19.9 Å². The number of para-hydroxylation sites is 2. The number of halogens is 1. The Balaban J connectivity index is 0.00000306. The Kier molecular flexibility index (Phi) is 9.42. The van der Waals surface area contributed by atoms with Gasteiger partial charge in [0.05, 0.1) is 12.8 Å². The van der Waals surface area contributed by atoms with Gasteiger partial charge in [0.2, 0.25) is 0 Å². The van der Waals surface area contributed by atoms with Crippen LogP contribution in [0.15, 0.2) is 47.6 Å². The van der Waals surface area contributed by atoms with E-state index in [1.165, 1.54) is 5.56 Å². The first-order valence-electron chi connectivity index (χ1n) is 11.4. The maximum Gasteiger partial charge on any atom is 0.194 e. The molecule has 1 aromatic carbocycles. The van der Waals surface area contributed by atoms with E-state index in [0.717, 1.165) is 82.1 Å². The molecule has 180 valence electrons.